The molecule has 2 aromatic rings. The molecule has 0 atom stereocenters. The first-order chi connectivity index (χ1) is 10.2. The molecule has 0 aromatic heterocycles. The average molecular weight is 375 g/mol. The Morgan fingerprint density at radius 3 is 2.45 bits per heavy atom. The minimum absolute atomic E-state index is 0.127. The lowest BCUT2D eigenvalue weighted by Gasteiger charge is -2.36. The summed E-state index contributed by atoms with van der Waals surface area (Å²) in [5.74, 6) is 0. The molecule has 3 heteroatoms. The second-order valence-corrected chi connectivity index (χ2v) is 8.42. The smallest absolute Gasteiger partial charge is 0.0825 e. The molecule has 2 aliphatic rings. The molecule has 0 N–H and O–H groups in total. The molecule has 4 rings (SSSR count). The van der Waals surface area contributed by atoms with Crippen molar-refractivity contribution >= 4 is 33.2 Å². The van der Waals surface area contributed by atoms with Gasteiger partial charge in [0.05, 0.1) is 11.3 Å². The SMILES string of the molecule is CC1(C)N=C2c3ccccc3C(C)(C)c3c(Cl)cc(Br)c1c32. The van der Waals surface area contributed by atoms with Crippen molar-refractivity contribution in [3.63, 3.8) is 0 Å². The largest absolute Gasteiger partial charge is 0.273 e. The summed E-state index contributed by atoms with van der Waals surface area (Å²) >= 11 is 10.4. The average Bonchev–Trinajstić information content (AvgIpc) is 2.70. The Morgan fingerprint density at radius 1 is 1.05 bits per heavy atom. The van der Waals surface area contributed by atoms with E-state index in [0.717, 1.165) is 15.2 Å². The molecule has 0 saturated carbocycles. The summed E-state index contributed by atoms with van der Waals surface area (Å²) in [5, 5.41) is 0.815. The highest BCUT2D eigenvalue weighted by Crippen LogP contribution is 2.53. The molecule has 1 aliphatic heterocycles. The van der Waals surface area contributed by atoms with E-state index in [-0.39, 0.29) is 11.0 Å². The predicted molar refractivity (Wildman–Crippen MR) is 96.4 cm³/mol. The lowest BCUT2D eigenvalue weighted by atomic mass is 9.67. The van der Waals surface area contributed by atoms with E-state index in [1.54, 1.807) is 0 Å². The lowest BCUT2D eigenvalue weighted by Crippen LogP contribution is -2.31. The van der Waals surface area contributed by atoms with Gasteiger partial charge in [0.25, 0.3) is 0 Å². The summed E-state index contributed by atoms with van der Waals surface area (Å²) in [7, 11) is 0. The van der Waals surface area contributed by atoms with Crippen molar-refractivity contribution < 1.29 is 0 Å². The second-order valence-electron chi connectivity index (χ2n) is 7.16. The summed E-state index contributed by atoms with van der Waals surface area (Å²) in [6, 6.07) is 10.6. The summed E-state index contributed by atoms with van der Waals surface area (Å²) in [4.78, 5) is 5.06. The molecular formula is C19H17BrClN. The molecule has 0 unspecified atom stereocenters. The van der Waals surface area contributed by atoms with Crippen LogP contribution in [0, 0.1) is 0 Å². The number of nitrogens with zero attached hydrogens (tertiary/aromatic N) is 1. The van der Waals surface area contributed by atoms with Gasteiger partial charge in [0, 0.05) is 31.6 Å². The van der Waals surface area contributed by atoms with Crippen molar-refractivity contribution in [1.29, 1.82) is 0 Å². The Balaban J connectivity index is 2.23. The second kappa shape index (κ2) is 4.24. The minimum atomic E-state index is -0.240. The quantitative estimate of drug-likeness (QED) is 0.550. The highest BCUT2D eigenvalue weighted by Gasteiger charge is 2.45. The van der Waals surface area contributed by atoms with Gasteiger partial charge >= 0.3 is 0 Å². The van der Waals surface area contributed by atoms with Crippen molar-refractivity contribution in [1.82, 2.24) is 0 Å². The lowest BCUT2D eigenvalue weighted by molar-refractivity contribution is 0.567. The molecule has 0 saturated heterocycles. The maximum Gasteiger partial charge on any atom is 0.0825 e. The molecule has 1 nitrogen and oxygen atoms in total. The molecule has 112 valence electrons. The van der Waals surface area contributed by atoms with Crippen LogP contribution < -0.4 is 0 Å². The van der Waals surface area contributed by atoms with Gasteiger partial charge in [-0.25, -0.2) is 0 Å². The molecule has 0 fully saturated rings. The van der Waals surface area contributed by atoms with E-state index in [1.165, 1.54) is 27.8 Å². The molecule has 0 spiro atoms. The zero-order valence-corrected chi connectivity index (χ0v) is 15.4. The van der Waals surface area contributed by atoms with Crippen LogP contribution in [0.3, 0.4) is 0 Å². The molecular weight excluding hydrogens is 358 g/mol. The van der Waals surface area contributed by atoms with Crippen molar-refractivity contribution in [2.24, 2.45) is 4.99 Å². The summed E-state index contributed by atoms with van der Waals surface area (Å²) in [6.45, 7) is 8.84. The first kappa shape index (κ1) is 14.5. The standard InChI is InChI=1S/C19H17BrClN/c1-18(2)11-8-6-5-7-10(11)17-14-15(19(3,4)22-17)12(20)9-13(21)16(14)18/h5-9H,1-4H3. The van der Waals surface area contributed by atoms with Crippen LogP contribution >= 0.6 is 27.5 Å². The molecule has 1 aliphatic carbocycles. The third-order valence-corrected chi connectivity index (χ3v) is 5.88. The number of halogens is 2. The molecule has 0 bridgehead atoms. The van der Waals surface area contributed by atoms with E-state index < -0.39 is 0 Å². The topological polar surface area (TPSA) is 12.4 Å². The molecule has 22 heavy (non-hydrogen) atoms. The van der Waals surface area contributed by atoms with Gasteiger partial charge in [0.1, 0.15) is 0 Å². The molecule has 2 aromatic carbocycles. The van der Waals surface area contributed by atoms with Crippen LogP contribution in [-0.2, 0) is 11.0 Å². The van der Waals surface area contributed by atoms with Crippen molar-refractivity contribution in [3.05, 3.63) is 67.6 Å². The fourth-order valence-corrected chi connectivity index (χ4v) is 5.50. The normalized spacial score (nSPS) is 19.5. The van der Waals surface area contributed by atoms with Gasteiger partial charge in [-0.3, -0.25) is 4.99 Å². The third-order valence-electron chi connectivity index (χ3n) is 4.95. The van der Waals surface area contributed by atoms with Crippen LogP contribution in [0.1, 0.15) is 55.5 Å². The van der Waals surface area contributed by atoms with Crippen LogP contribution in [0.15, 0.2) is 39.8 Å². The van der Waals surface area contributed by atoms with Crippen LogP contribution in [-0.4, -0.2) is 5.71 Å². The Bertz CT molecular complexity index is 862. The molecule has 0 radical (unpaired) electrons. The van der Waals surface area contributed by atoms with Gasteiger partial charge in [-0.15, -0.1) is 0 Å². The van der Waals surface area contributed by atoms with E-state index in [2.05, 4.69) is 67.9 Å². The predicted octanol–water partition coefficient (Wildman–Crippen LogP) is 5.83. The van der Waals surface area contributed by atoms with Gasteiger partial charge in [-0.2, -0.15) is 0 Å². The fourth-order valence-electron chi connectivity index (χ4n) is 4.02. The summed E-state index contributed by atoms with van der Waals surface area (Å²) in [6.07, 6.45) is 0. The van der Waals surface area contributed by atoms with Crippen LogP contribution in [0.5, 0.6) is 0 Å². The number of aliphatic imine (C=N–C) groups is 1. The highest BCUT2D eigenvalue weighted by atomic mass is 79.9. The van der Waals surface area contributed by atoms with E-state index in [4.69, 9.17) is 16.6 Å². The van der Waals surface area contributed by atoms with Gasteiger partial charge in [-0.1, -0.05) is 65.6 Å². The van der Waals surface area contributed by atoms with Crippen LogP contribution in [0.2, 0.25) is 5.02 Å². The Morgan fingerprint density at radius 2 is 1.73 bits per heavy atom. The number of benzene rings is 2. The summed E-state index contributed by atoms with van der Waals surface area (Å²) < 4.78 is 1.05. The van der Waals surface area contributed by atoms with E-state index >= 15 is 0 Å². The van der Waals surface area contributed by atoms with E-state index in [9.17, 15) is 0 Å². The zero-order chi connectivity index (χ0) is 15.9. The van der Waals surface area contributed by atoms with Crippen LogP contribution in [0.25, 0.3) is 0 Å². The van der Waals surface area contributed by atoms with Crippen molar-refractivity contribution in [2.75, 3.05) is 0 Å². The maximum atomic E-state index is 6.67. The fraction of sp³-hybridized carbons (Fsp3) is 0.316. The monoisotopic (exact) mass is 373 g/mol. The Hall–Kier alpha value is -1.12. The van der Waals surface area contributed by atoms with Crippen LogP contribution in [0.4, 0.5) is 0 Å². The first-order valence-electron chi connectivity index (χ1n) is 7.48. The number of hydrogen-bond acceptors (Lipinski definition) is 1. The highest BCUT2D eigenvalue weighted by molar-refractivity contribution is 9.10. The first-order valence-corrected chi connectivity index (χ1v) is 8.65. The Kier molecular flexibility index (Phi) is 2.79. The number of fused-ring (bicyclic) bond motifs is 2. The van der Waals surface area contributed by atoms with Crippen molar-refractivity contribution in [2.45, 2.75) is 38.6 Å². The molecule has 1 heterocycles. The minimum Gasteiger partial charge on any atom is -0.273 e. The number of rotatable bonds is 0. The molecule has 0 amide bonds. The van der Waals surface area contributed by atoms with E-state index in [1.807, 2.05) is 6.07 Å². The van der Waals surface area contributed by atoms with Gasteiger partial charge in [-0.05, 0) is 31.0 Å². The summed E-state index contributed by atoms with van der Waals surface area (Å²) in [5.41, 5.74) is 6.95. The Labute approximate surface area is 144 Å². The van der Waals surface area contributed by atoms with Crippen molar-refractivity contribution in [3.8, 4) is 0 Å². The maximum absolute atomic E-state index is 6.67. The van der Waals surface area contributed by atoms with Gasteiger partial charge < -0.3 is 0 Å². The van der Waals surface area contributed by atoms with Gasteiger partial charge in [0.2, 0.25) is 0 Å². The zero-order valence-electron chi connectivity index (χ0n) is 13.1. The third kappa shape index (κ3) is 1.63. The van der Waals surface area contributed by atoms with Gasteiger partial charge in [0.15, 0.2) is 0 Å². The number of hydrogen-bond donors (Lipinski definition) is 0. The van der Waals surface area contributed by atoms with E-state index in [0.29, 0.717) is 0 Å².